The number of hydrogen-bond donors (Lipinski definition) is 2. The lowest BCUT2D eigenvalue weighted by Crippen LogP contribution is -2.39. The van der Waals surface area contributed by atoms with Crippen molar-refractivity contribution in [3.63, 3.8) is 0 Å². The number of guanidine groups is 1. The maximum atomic E-state index is 13.6. The Morgan fingerprint density at radius 3 is 2.41 bits per heavy atom. The van der Waals surface area contributed by atoms with Crippen LogP contribution in [0.4, 0.5) is 4.39 Å². The van der Waals surface area contributed by atoms with Gasteiger partial charge in [-0.3, -0.25) is 4.99 Å². The molecular formula is C21H28FN3O3S. The number of nitrogens with one attached hydrogen (secondary N) is 2. The van der Waals surface area contributed by atoms with Gasteiger partial charge in [0, 0.05) is 19.8 Å². The molecule has 0 heterocycles. The third-order valence-corrected chi connectivity index (χ3v) is 5.14. The molecular weight excluding hydrogens is 393 g/mol. The molecule has 0 saturated carbocycles. The van der Waals surface area contributed by atoms with Crippen molar-refractivity contribution in [3.8, 4) is 5.75 Å². The number of aryl methyl sites for hydroxylation is 2. The second-order valence-corrected chi connectivity index (χ2v) is 9.05. The molecule has 2 N–H and O–H groups in total. The average molecular weight is 422 g/mol. The van der Waals surface area contributed by atoms with Gasteiger partial charge in [0.2, 0.25) is 0 Å². The number of para-hydroxylation sites is 1. The average Bonchev–Trinajstić information content (AvgIpc) is 2.64. The summed E-state index contributed by atoms with van der Waals surface area (Å²) < 4.78 is 42.7. The fourth-order valence-electron chi connectivity index (χ4n) is 2.93. The lowest BCUT2D eigenvalue weighted by Gasteiger charge is -2.15. The van der Waals surface area contributed by atoms with Gasteiger partial charge in [0.05, 0.1) is 12.3 Å². The first-order chi connectivity index (χ1) is 13.7. The Kier molecular flexibility index (Phi) is 8.01. The van der Waals surface area contributed by atoms with E-state index in [0.717, 1.165) is 23.1 Å². The van der Waals surface area contributed by atoms with Crippen LogP contribution in [0.2, 0.25) is 0 Å². The van der Waals surface area contributed by atoms with Gasteiger partial charge in [-0.25, -0.2) is 12.8 Å². The quantitative estimate of drug-likeness (QED) is 0.389. The number of hydrogen-bond acceptors (Lipinski definition) is 4. The SMILES string of the molecule is CN=C(NCCOc1c(C)cccc1C)NCc1cc(F)ccc1CS(C)(=O)=O. The molecule has 0 atom stereocenters. The van der Waals surface area contributed by atoms with Gasteiger partial charge in [0.25, 0.3) is 0 Å². The monoisotopic (exact) mass is 421 g/mol. The summed E-state index contributed by atoms with van der Waals surface area (Å²) in [5.74, 6) is 0.844. The van der Waals surface area contributed by atoms with Crippen molar-refractivity contribution in [1.29, 1.82) is 0 Å². The summed E-state index contributed by atoms with van der Waals surface area (Å²) in [7, 11) is -1.59. The highest BCUT2D eigenvalue weighted by Crippen LogP contribution is 2.21. The first-order valence-corrected chi connectivity index (χ1v) is 11.3. The Morgan fingerprint density at radius 2 is 1.79 bits per heavy atom. The molecule has 8 heteroatoms. The summed E-state index contributed by atoms with van der Waals surface area (Å²) in [4.78, 5) is 4.14. The van der Waals surface area contributed by atoms with Crippen LogP contribution in [0.5, 0.6) is 5.75 Å². The van der Waals surface area contributed by atoms with E-state index in [1.807, 2.05) is 32.0 Å². The minimum atomic E-state index is -3.22. The van der Waals surface area contributed by atoms with E-state index in [4.69, 9.17) is 4.74 Å². The molecule has 0 bridgehead atoms. The van der Waals surface area contributed by atoms with Crippen molar-refractivity contribution in [2.24, 2.45) is 4.99 Å². The zero-order chi connectivity index (χ0) is 21.4. The van der Waals surface area contributed by atoms with Crippen molar-refractivity contribution in [1.82, 2.24) is 10.6 Å². The molecule has 0 aliphatic carbocycles. The predicted octanol–water partition coefficient (Wildman–Crippen LogP) is 2.73. The molecule has 0 unspecified atom stereocenters. The van der Waals surface area contributed by atoms with Crippen LogP contribution < -0.4 is 15.4 Å². The standard InChI is InChI=1S/C21H28FN3O3S/c1-15-6-5-7-16(2)20(15)28-11-10-24-21(23-3)25-13-18-12-19(22)9-8-17(18)14-29(4,26)27/h5-9,12H,10-11,13-14H2,1-4H3,(H2,23,24,25). The van der Waals surface area contributed by atoms with E-state index in [-0.39, 0.29) is 12.3 Å². The van der Waals surface area contributed by atoms with Crippen LogP contribution in [0.1, 0.15) is 22.3 Å². The zero-order valence-corrected chi connectivity index (χ0v) is 18.1. The first kappa shape index (κ1) is 22.7. The highest BCUT2D eigenvalue weighted by molar-refractivity contribution is 7.89. The number of rotatable bonds is 8. The van der Waals surface area contributed by atoms with Crippen LogP contribution in [-0.4, -0.2) is 40.8 Å². The van der Waals surface area contributed by atoms with Crippen LogP contribution in [0.15, 0.2) is 41.4 Å². The highest BCUT2D eigenvalue weighted by atomic mass is 32.2. The lowest BCUT2D eigenvalue weighted by molar-refractivity contribution is 0.317. The third kappa shape index (κ3) is 7.38. The number of halogens is 1. The van der Waals surface area contributed by atoms with E-state index >= 15 is 0 Å². The van der Waals surface area contributed by atoms with E-state index in [9.17, 15) is 12.8 Å². The molecule has 2 aromatic rings. The molecule has 0 fully saturated rings. The molecule has 0 amide bonds. The van der Waals surface area contributed by atoms with E-state index in [0.29, 0.717) is 30.2 Å². The van der Waals surface area contributed by atoms with E-state index in [2.05, 4.69) is 15.6 Å². The van der Waals surface area contributed by atoms with Gasteiger partial charge in [0.15, 0.2) is 15.8 Å². The van der Waals surface area contributed by atoms with Gasteiger partial charge in [0.1, 0.15) is 18.2 Å². The summed E-state index contributed by atoms with van der Waals surface area (Å²) in [6.07, 6.45) is 1.16. The number of nitrogens with zero attached hydrogens (tertiary/aromatic N) is 1. The van der Waals surface area contributed by atoms with Gasteiger partial charge in [-0.2, -0.15) is 0 Å². The predicted molar refractivity (Wildman–Crippen MR) is 115 cm³/mol. The number of aliphatic imine (C=N–C) groups is 1. The topological polar surface area (TPSA) is 79.8 Å². The van der Waals surface area contributed by atoms with Crippen molar-refractivity contribution in [2.75, 3.05) is 26.5 Å². The smallest absolute Gasteiger partial charge is 0.191 e. The largest absolute Gasteiger partial charge is 0.491 e. The van der Waals surface area contributed by atoms with Crippen molar-refractivity contribution in [2.45, 2.75) is 26.1 Å². The molecule has 29 heavy (non-hydrogen) atoms. The van der Waals surface area contributed by atoms with Gasteiger partial charge in [-0.15, -0.1) is 0 Å². The summed E-state index contributed by atoms with van der Waals surface area (Å²) >= 11 is 0. The molecule has 0 aliphatic rings. The molecule has 158 valence electrons. The second kappa shape index (κ2) is 10.2. The summed E-state index contributed by atoms with van der Waals surface area (Å²) in [6.45, 7) is 5.23. The Morgan fingerprint density at radius 1 is 1.10 bits per heavy atom. The maximum Gasteiger partial charge on any atom is 0.191 e. The maximum absolute atomic E-state index is 13.6. The van der Waals surface area contributed by atoms with Crippen LogP contribution in [0.25, 0.3) is 0 Å². The highest BCUT2D eigenvalue weighted by Gasteiger charge is 2.11. The number of sulfone groups is 1. The van der Waals surface area contributed by atoms with Crippen LogP contribution in [0, 0.1) is 19.7 Å². The van der Waals surface area contributed by atoms with Crippen molar-refractivity contribution < 1.29 is 17.5 Å². The van der Waals surface area contributed by atoms with Crippen LogP contribution >= 0.6 is 0 Å². The molecule has 2 rings (SSSR count). The Labute approximate surface area is 172 Å². The Bertz CT molecular complexity index is 955. The van der Waals surface area contributed by atoms with Crippen molar-refractivity contribution in [3.05, 3.63) is 64.5 Å². The fraction of sp³-hybridized carbons (Fsp3) is 0.381. The molecule has 0 aromatic heterocycles. The Balaban J connectivity index is 1.90. The van der Waals surface area contributed by atoms with E-state index in [1.54, 1.807) is 7.05 Å². The van der Waals surface area contributed by atoms with E-state index < -0.39 is 15.7 Å². The molecule has 6 nitrogen and oxygen atoms in total. The number of benzene rings is 2. The fourth-order valence-corrected chi connectivity index (χ4v) is 3.78. The van der Waals surface area contributed by atoms with Crippen molar-refractivity contribution >= 4 is 15.8 Å². The summed E-state index contributed by atoms with van der Waals surface area (Å²) in [5, 5.41) is 6.22. The van der Waals surface area contributed by atoms with E-state index in [1.165, 1.54) is 18.2 Å². The normalized spacial score (nSPS) is 12.0. The Hall–Kier alpha value is -2.61. The van der Waals surface area contributed by atoms with Gasteiger partial charge < -0.3 is 15.4 Å². The second-order valence-electron chi connectivity index (χ2n) is 6.91. The lowest BCUT2D eigenvalue weighted by atomic mass is 10.1. The molecule has 0 spiro atoms. The van der Waals surface area contributed by atoms with Gasteiger partial charge in [-0.05, 0) is 48.2 Å². The minimum Gasteiger partial charge on any atom is -0.491 e. The minimum absolute atomic E-state index is 0.139. The molecule has 0 aliphatic heterocycles. The first-order valence-electron chi connectivity index (χ1n) is 9.28. The number of ether oxygens (including phenoxy) is 1. The van der Waals surface area contributed by atoms with Gasteiger partial charge in [-0.1, -0.05) is 24.3 Å². The third-order valence-electron chi connectivity index (χ3n) is 4.31. The molecule has 0 radical (unpaired) electrons. The molecule has 2 aromatic carbocycles. The van der Waals surface area contributed by atoms with Gasteiger partial charge >= 0.3 is 0 Å². The van der Waals surface area contributed by atoms with Crippen LogP contribution in [-0.2, 0) is 22.1 Å². The summed E-state index contributed by atoms with van der Waals surface area (Å²) in [6, 6.07) is 10.1. The zero-order valence-electron chi connectivity index (χ0n) is 17.3. The summed E-state index contributed by atoms with van der Waals surface area (Å²) in [5.41, 5.74) is 3.30. The molecule has 0 saturated heterocycles. The van der Waals surface area contributed by atoms with Crippen LogP contribution in [0.3, 0.4) is 0 Å².